The van der Waals surface area contributed by atoms with E-state index < -0.39 is 0 Å². The van der Waals surface area contributed by atoms with Crippen LogP contribution in [0.25, 0.3) is 0 Å². The summed E-state index contributed by atoms with van der Waals surface area (Å²) in [6, 6.07) is 98.4. The minimum atomic E-state index is -0.348. The first kappa shape index (κ1) is 48.2. The van der Waals surface area contributed by atoms with Crippen molar-refractivity contribution in [2.45, 2.75) is 0 Å². The van der Waals surface area contributed by atoms with Crippen molar-refractivity contribution in [3.63, 3.8) is 0 Å². The maximum Gasteiger partial charge on any atom is -0.0195 e. The number of benzene rings is 8. The molecule has 0 amide bonds. The third-order valence-corrected chi connectivity index (χ3v) is 21.0. The van der Waals surface area contributed by atoms with Crippen LogP contribution in [-0.2, 0) is 17.3 Å². The summed E-state index contributed by atoms with van der Waals surface area (Å²) in [5, 5.41) is 11.8. The maximum atomic E-state index is 4.57. The van der Waals surface area contributed by atoms with Crippen molar-refractivity contribution in [2.24, 2.45) is 0 Å². The quantitative estimate of drug-likeness (QED) is 0.0579. The first-order valence-corrected chi connectivity index (χ1v) is 29.5. The zero-order valence-electron chi connectivity index (χ0n) is 35.3. The van der Waals surface area contributed by atoms with Crippen LogP contribution in [0.2, 0.25) is 0 Å². The molecule has 0 aliphatic rings. The Bertz CT molecular complexity index is 1960. The average Bonchev–Trinajstić information content (AvgIpc) is 3.98. The second-order valence-electron chi connectivity index (χ2n) is 14.3. The summed E-state index contributed by atoms with van der Waals surface area (Å²) >= 11 is 1.82. The molecule has 0 unspecified atom stereocenters. The maximum absolute atomic E-state index is 4.57. The molecular weight excluding hydrogens is 945 g/mol. The molecule has 0 N–H and O–H groups in total. The van der Waals surface area contributed by atoms with Crippen LogP contribution in [0.15, 0.2) is 273 Å². The Balaban J connectivity index is 0.000000182. The van der Waals surface area contributed by atoms with Crippen LogP contribution in [0, 0.1) is 0 Å². The zero-order valence-corrected chi connectivity index (χ0v) is 41.4. The van der Waals surface area contributed by atoms with Gasteiger partial charge in [0.05, 0.1) is 0 Å². The molecule has 0 aliphatic heterocycles. The SMILES string of the molecule is [Cl][Ru+].c1cc[cH-]c1.c1ccc(P(CCP(c2ccccc2)c2ccccc2)c2ccccc2)cc1.c1ccc(P(CCP(c2ccccc2)c2ccccc2)c2ccccc2)cc1. The predicted octanol–water partition coefficient (Wildman–Crippen LogP) is 12.6. The molecule has 0 saturated heterocycles. The van der Waals surface area contributed by atoms with Crippen molar-refractivity contribution < 1.29 is 17.3 Å². The van der Waals surface area contributed by atoms with Gasteiger partial charge in [-0.3, -0.25) is 0 Å². The number of hydrogen-bond acceptors (Lipinski definition) is 0. The zero-order chi connectivity index (χ0) is 43.6. The largest absolute Gasteiger partial charge is 0.214 e. The summed E-state index contributed by atoms with van der Waals surface area (Å²) in [6.45, 7) is 0. The molecule has 0 heterocycles. The van der Waals surface area contributed by atoms with Gasteiger partial charge in [0.25, 0.3) is 0 Å². The van der Waals surface area contributed by atoms with Crippen molar-refractivity contribution in [3.8, 4) is 0 Å². The van der Waals surface area contributed by atoms with E-state index in [1.807, 2.05) is 47.6 Å². The van der Waals surface area contributed by atoms with Crippen LogP contribution in [-0.4, -0.2) is 24.6 Å². The smallest absolute Gasteiger partial charge is 0.0195 e. The summed E-state index contributed by atoms with van der Waals surface area (Å²) in [7, 11) is 3.18. The van der Waals surface area contributed by atoms with Crippen molar-refractivity contribution in [1.29, 1.82) is 0 Å². The second kappa shape index (κ2) is 28.5. The van der Waals surface area contributed by atoms with Crippen LogP contribution >= 0.6 is 41.4 Å². The Hall–Kier alpha value is -4.26. The molecule has 9 aromatic carbocycles. The van der Waals surface area contributed by atoms with E-state index in [1.54, 1.807) is 0 Å². The van der Waals surface area contributed by atoms with E-state index in [-0.39, 0.29) is 31.7 Å². The van der Waals surface area contributed by atoms with Gasteiger partial charge in [-0.05, 0) is 98.8 Å². The fourth-order valence-electron chi connectivity index (χ4n) is 7.21. The monoisotopic (exact) mass is 998 g/mol. The van der Waals surface area contributed by atoms with E-state index >= 15 is 0 Å². The van der Waals surface area contributed by atoms with Gasteiger partial charge in [0, 0.05) is 0 Å². The summed E-state index contributed by atoms with van der Waals surface area (Å²) in [5.41, 5.74) is 0. The number of rotatable bonds is 14. The van der Waals surface area contributed by atoms with Crippen LogP contribution in [0.4, 0.5) is 0 Å². The molecular formula is C57H53ClP4Ru. The standard InChI is InChI=1S/2C26H24P2.C5H5.ClH.Ru/c2*1-5-13-23(14-6-1)27(24-15-7-2-8-16-24)21-22-28(25-17-9-3-10-18-25)26-19-11-4-12-20-26;1-2-4-5-3-1;;/h2*1-20H,21-22H2;1-5H;1H;/q;;-1;;+2/p-1. The Morgan fingerprint density at radius 3 is 0.492 bits per heavy atom. The molecule has 0 radical (unpaired) electrons. The molecule has 0 aromatic heterocycles. The molecule has 0 fully saturated rings. The first-order chi connectivity index (χ1) is 31.3. The van der Waals surface area contributed by atoms with Crippen molar-refractivity contribution in [1.82, 2.24) is 0 Å². The molecule has 0 nitrogen and oxygen atoms in total. The van der Waals surface area contributed by atoms with Gasteiger partial charge >= 0.3 is 27.0 Å². The van der Waals surface area contributed by atoms with Crippen molar-refractivity contribution >= 4 is 83.8 Å². The third-order valence-electron chi connectivity index (χ3n) is 10.2. The van der Waals surface area contributed by atoms with Gasteiger partial charge < -0.3 is 0 Å². The van der Waals surface area contributed by atoms with Crippen LogP contribution < -0.4 is 42.4 Å². The van der Waals surface area contributed by atoms with E-state index in [0.29, 0.717) is 0 Å². The van der Waals surface area contributed by atoms with Crippen LogP contribution in [0.3, 0.4) is 0 Å². The van der Waals surface area contributed by atoms with E-state index in [1.165, 1.54) is 67.1 Å². The fraction of sp³-hybridized carbons (Fsp3) is 0.0702. The van der Waals surface area contributed by atoms with Gasteiger partial charge in [-0.25, -0.2) is 12.1 Å². The first-order valence-electron chi connectivity index (χ1n) is 21.1. The summed E-state index contributed by atoms with van der Waals surface area (Å²) in [4.78, 5) is 0. The molecule has 0 spiro atoms. The average molecular weight is 998 g/mol. The van der Waals surface area contributed by atoms with E-state index in [0.717, 1.165) is 0 Å². The summed E-state index contributed by atoms with van der Waals surface area (Å²) in [6.07, 6.45) is 4.83. The minimum Gasteiger partial charge on any atom is -0.214 e. The minimum absolute atomic E-state index is 0.348. The Labute approximate surface area is 396 Å². The molecule has 0 saturated carbocycles. The van der Waals surface area contributed by atoms with E-state index in [4.69, 9.17) is 0 Å². The molecule has 9 aromatic rings. The van der Waals surface area contributed by atoms with Gasteiger partial charge in [-0.2, -0.15) is 18.2 Å². The van der Waals surface area contributed by atoms with E-state index in [2.05, 4.69) is 252 Å². The van der Waals surface area contributed by atoms with Gasteiger partial charge in [-0.1, -0.05) is 243 Å². The Kier molecular flexibility index (Phi) is 21.8. The van der Waals surface area contributed by atoms with Crippen molar-refractivity contribution in [3.05, 3.63) is 273 Å². The Morgan fingerprint density at radius 1 is 0.238 bits per heavy atom. The molecule has 0 aliphatic carbocycles. The topological polar surface area (TPSA) is 0 Å². The normalized spacial score (nSPS) is 10.6. The molecule has 63 heavy (non-hydrogen) atoms. The molecule has 0 bridgehead atoms. The van der Waals surface area contributed by atoms with Crippen LogP contribution in [0.5, 0.6) is 0 Å². The molecule has 9 rings (SSSR count). The molecule has 6 heteroatoms. The van der Waals surface area contributed by atoms with E-state index in [9.17, 15) is 0 Å². The van der Waals surface area contributed by atoms with Gasteiger partial charge in [0.1, 0.15) is 0 Å². The van der Waals surface area contributed by atoms with Crippen molar-refractivity contribution in [2.75, 3.05) is 24.6 Å². The number of halogens is 1. The summed E-state index contributed by atoms with van der Waals surface area (Å²) in [5.74, 6) is 0. The predicted molar refractivity (Wildman–Crippen MR) is 284 cm³/mol. The van der Waals surface area contributed by atoms with Crippen LogP contribution in [0.1, 0.15) is 0 Å². The summed E-state index contributed by atoms with van der Waals surface area (Å²) < 4.78 is 0. The third kappa shape index (κ3) is 15.7. The second-order valence-corrected chi connectivity index (χ2v) is 23.6. The fourth-order valence-corrected chi connectivity index (χ4v) is 17.9. The molecule has 316 valence electrons. The van der Waals surface area contributed by atoms with Gasteiger partial charge in [0.2, 0.25) is 0 Å². The number of hydrogen-bond donors (Lipinski definition) is 0. The molecule has 0 atom stereocenters. The Morgan fingerprint density at radius 2 is 0.381 bits per heavy atom. The van der Waals surface area contributed by atoms with Gasteiger partial charge in [-0.15, -0.1) is 0 Å². The van der Waals surface area contributed by atoms with Gasteiger partial charge in [0.15, 0.2) is 0 Å².